The van der Waals surface area contributed by atoms with Crippen LogP contribution < -0.4 is 4.90 Å². The number of nitrogens with zero attached hydrogens (tertiary/aromatic N) is 6. The van der Waals surface area contributed by atoms with E-state index in [2.05, 4.69) is 16.0 Å². The van der Waals surface area contributed by atoms with Crippen molar-refractivity contribution in [3.8, 4) is 17.7 Å². The van der Waals surface area contributed by atoms with E-state index in [0.29, 0.717) is 43.5 Å². The van der Waals surface area contributed by atoms with Crippen LogP contribution in [0.1, 0.15) is 21.9 Å². The normalized spacial score (nSPS) is 14.3. The molecule has 0 spiro atoms. The molecular formula is C21H18N6O3. The fraction of sp³-hybridized carbons (Fsp3) is 0.238. The Hall–Kier alpha value is -4.06. The van der Waals surface area contributed by atoms with Crippen LogP contribution in [0, 0.1) is 18.3 Å². The van der Waals surface area contributed by atoms with Gasteiger partial charge in [-0.25, -0.2) is 4.98 Å². The quantitative estimate of drug-likeness (QED) is 0.519. The van der Waals surface area contributed by atoms with E-state index in [1.165, 1.54) is 6.26 Å². The molecule has 4 aromatic rings. The number of hydrogen-bond donors (Lipinski definition) is 0. The minimum atomic E-state index is -0.105. The zero-order valence-corrected chi connectivity index (χ0v) is 16.3. The van der Waals surface area contributed by atoms with E-state index in [4.69, 9.17) is 8.83 Å². The van der Waals surface area contributed by atoms with Crippen LogP contribution in [-0.2, 0) is 0 Å². The van der Waals surface area contributed by atoms with E-state index >= 15 is 0 Å². The summed E-state index contributed by atoms with van der Waals surface area (Å²) in [6, 6.07) is 11.3. The van der Waals surface area contributed by atoms with Crippen LogP contribution in [0.2, 0.25) is 0 Å². The molecule has 0 atom stereocenters. The van der Waals surface area contributed by atoms with Gasteiger partial charge in [-0.1, -0.05) is 6.07 Å². The smallest absolute Gasteiger partial charge is 0.274 e. The van der Waals surface area contributed by atoms with Crippen LogP contribution in [0.15, 0.2) is 51.6 Å². The summed E-state index contributed by atoms with van der Waals surface area (Å²) in [7, 11) is 0. The molecule has 1 aliphatic heterocycles. The second-order valence-electron chi connectivity index (χ2n) is 7.06. The SMILES string of the molecule is Cc1cccc2nc(C(=O)N3CCN(c4oc(-c5ccco5)nc4C#N)CC3)cn12. The number of nitriles is 1. The molecule has 9 nitrogen and oxygen atoms in total. The predicted octanol–water partition coefficient (Wildman–Crippen LogP) is 2.72. The maximum atomic E-state index is 12.9. The van der Waals surface area contributed by atoms with Gasteiger partial charge in [0.25, 0.3) is 11.8 Å². The number of furan rings is 1. The summed E-state index contributed by atoms with van der Waals surface area (Å²) >= 11 is 0. The summed E-state index contributed by atoms with van der Waals surface area (Å²) in [6.07, 6.45) is 3.30. The summed E-state index contributed by atoms with van der Waals surface area (Å²) in [5, 5.41) is 9.44. The number of imidazole rings is 1. The topological polar surface area (TPSA) is 104 Å². The van der Waals surface area contributed by atoms with Crippen LogP contribution >= 0.6 is 0 Å². The molecule has 0 aromatic carbocycles. The molecule has 0 N–H and O–H groups in total. The molecular weight excluding hydrogens is 384 g/mol. The zero-order valence-electron chi connectivity index (χ0n) is 16.3. The number of pyridine rings is 1. The molecule has 1 saturated heterocycles. The molecule has 30 heavy (non-hydrogen) atoms. The van der Waals surface area contributed by atoms with Crippen molar-refractivity contribution < 1.29 is 13.6 Å². The Morgan fingerprint density at radius 2 is 1.97 bits per heavy atom. The Labute approximate surface area is 171 Å². The van der Waals surface area contributed by atoms with Gasteiger partial charge >= 0.3 is 0 Å². The molecule has 1 amide bonds. The number of carbonyl (C=O) groups excluding carboxylic acids is 1. The molecule has 1 fully saturated rings. The lowest BCUT2D eigenvalue weighted by molar-refractivity contribution is 0.0740. The van der Waals surface area contributed by atoms with Gasteiger partial charge in [0, 0.05) is 38.1 Å². The Bertz CT molecular complexity index is 1260. The maximum Gasteiger partial charge on any atom is 0.274 e. The molecule has 5 rings (SSSR count). The van der Waals surface area contributed by atoms with Gasteiger partial charge in [-0.05, 0) is 31.2 Å². The molecule has 1 aliphatic rings. The third-order valence-corrected chi connectivity index (χ3v) is 5.22. The second kappa shape index (κ2) is 7.08. The van der Waals surface area contributed by atoms with Crippen molar-refractivity contribution in [3.63, 3.8) is 0 Å². The Kier molecular flexibility index (Phi) is 4.25. The number of carbonyl (C=O) groups is 1. The van der Waals surface area contributed by atoms with E-state index in [9.17, 15) is 10.1 Å². The van der Waals surface area contributed by atoms with Crippen molar-refractivity contribution >= 4 is 17.4 Å². The van der Waals surface area contributed by atoms with Gasteiger partial charge in [-0.3, -0.25) is 4.79 Å². The van der Waals surface area contributed by atoms with Gasteiger partial charge in [0.2, 0.25) is 11.6 Å². The highest BCUT2D eigenvalue weighted by Gasteiger charge is 2.28. The van der Waals surface area contributed by atoms with Crippen LogP contribution in [-0.4, -0.2) is 51.4 Å². The summed E-state index contributed by atoms with van der Waals surface area (Å²) < 4.78 is 13.0. The second-order valence-corrected chi connectivity index (χ2v) is 7.06. The average molecular weight is 402 g/mol. The van der Waals surface area contributed by atoms with Crippen molar-refractivity contribution in [1.29, 1.82) is 5.26 Å². The third kappa shape index (κ3) is 2.99. The fourth-order valence-corrected chi connectivity index (χ4v) is 3.63. The minimum absolute atomic E-state index is 0.105. The largest absolute Gasteiger partial charge is 0.459 e. The summed E-state index contributed by atoms with van der Waals surface area (Å²) in [5.74, 6) is 1.03. The molecule has 150 valence electrons. The van der Waals surface area contributed by atoms with E-state index in [1.807, 2.05) is 34.4 Å². The first-order valence-electron chi connectivity index (χ1n) is 9.58. The first-order valence-corrected chi connectivity index (χ1v) is 9.58. The number of aryl methyl sites for hydroxylation is 1. The van der Waals surface area contributed by atoms with Crippen molar-refractivity contribution in [2.24, 2.45) is 0 Å². The summed E-state index contributed by atoms with van der Waals surface area (Å²) in [5.41, 5.74) is 2.40. The number of oxazole rings is 1. The van der Waals surface area contributed by atoms with Gasteiger partial charge in [-0.2, -0.15) is 10.2 Å². The number of amides is 1. The standard InChI is InChI=1S/C21H18N6O3/c1-14-4-2-6-18-23-16(13-27(14)18)20(28)25-7-9-26(10-8-25)21-15(12-22)24-19(30-21)17-5-3-11-29-17/h2-6,11,13H,7-10H2,1H3. The molecule has 0 aliphatic carbocycles. The lowest BCUT2D eigenvalue weighted by atomic mass is 10.2. The van der Waals surface area contributed by atoms with Crippen molar-refractivity contribution in [3.05, 3.63) is 59.9 Å². The summed E-state index contributed by atoms with van der Waals surface area (Å²) in [6.45, 7) is 4.02. The molecule has 0 unspecified atom stereocenters. The number of aromatic nitrogens is 3. The number of piperazine rings is 1. The van der Waals surface area contributed by atoms with E-state index in [0.717, 1.165) is 11.3 Å². The first kappa shape index (κ1) is 18.0. The van der Waals surface area contributed by atoms with E-state index in [-0.39, 0.29) is 17.5 Å². The third-order valence-electron chi connectivity index (χ3n) is 5.22. The number of anilines is 1. The average Bonchev–Trinajstić information content (AvgIpc) is 3.52. The molecule has 0 bridgehead atoms. The molecule has 9 heteroatoms. The molecule has 0 saturated carbocycles. The lowest BCUT2D eigenvalue weighted by Crippen LogP contribution is -2.49. The number of fused-ring (bicyclic) bond motifs is 1. The van der Waals surface area contributed by atoms with Gasteiger partial charge in [0.1, 0.15) is 17.4 Å². The van der Waals surface area contributed by atoms with Crippen LogP contribution in [0.5, 0.6) is 0 Å². The van der Waals surface area contributed by atoms with Gasteiger partial charge in [0.15, 0.2) is 5.76 Å². The minimum Gasteiger partial charge on any atom is -0.459 e. The Balaban J connectivity index is 1.32. The van der Waals surface area contributed by atoms with Crippen LogP contribution in [0.4, 0.5) is 5.88 Å². The lowest BCUT2D eigenvalue weighted by Gasteiger charge is -2.34. The highest BCUT2D eigenvalue weighted by molar-refractivity contribution is 5.93. The van der Waals surface area contributed by atoms with E-state index in [1.54, 1.807) is 23.2 Å². The monoisotopic (exact) mass is 402 g/mol. The first-order chi connectivity index (χ1) is 14.6. The van der Waals surface area contributed by atoms with Gasteiger partial charge in [0.05, 0.1) is 6.26 Å². The number of rotatable bonds is 3. The zero-order chi connectivity index (χ0) is 20.7. The van der Waals surface area contributed by atoms with E-state index < -0.39 is 0 Å². The molecule has 4 aromatic heterocycles. The van der Waals surface area contributed by atoms with Gasteiger partial charge < -0.3 is 23.0 Å². The fourth-order valence-electron chi connectivity index (χ4n) is 3.63. The van der Waals surface area contributed by atoms with Crippen molar-refractivity contribution in [2.45, 2.75) is 6.92 Å². The Morgan fingerprint density at radius 1 is 1.13 bits per heavy atom. The molecule has 0 radical (unpaired) electrons. The van der Waals surface area contributed by atoms with Gasteiger partial charge in [-0.15, -0.1) is 0 Å². The molecule has 5 heterocycles. The van der Waals surface area contributed by atoms with Crippen molar-refractivity contribution in [2.75, 3.05) is 31.1 Å². The highest BCUT2D eigenvalue weighted by Crippen LogP contribution is 2.29. The number of hydrogen-bond acceptors (Lipinski definition) is 7. The predicted molar refractivity (Wildman–Crippen MR) is 107 cm³/mol. The van der Waals surface area contributed by atoms with Crippen molar-refractivity contribution in [1.82, 2.24) is 19.3 Å². The van der Waals surface area contributed by atoms with Crippen LogP contribution in [0.3, 0.4) is 0 Å². The van der Waals surface area contributed by atoms with Crippen LogP contribution in [0.25, 0.3) is 17.3 Å². The summed E-state index contributed by atoms with van der Waals surface area (Å²) in [4.78, 5) is 25.3. The highest BCUT2D eigenvalue weighted by atomic mass is 16.4. The maximum absolute atomic E-state index is 12.9. The Morgan fingerprint density at radius 3 is 2.67 bits per heavy atom.